The zero-order valence-corrected chi connectivity index (χ0v) is 14.8. The van der Waals surface area contributed by atoms with E-state index in [-0.39, 0.29) is 5.69 Å². The molecule has 0 atom stereocenters. The largest absolute Gasteiger partial charge is 0.465 e. The number of carbonyl (C=O) groups excluding carboxylic acids is 1. The first kappa shape index (κ1) is 19.4. The molecule has 1 aromatic heterocycles. The topological polar surface area (TPSA) is 103 Å². The van der Waals surface area contributed by atoms with Crippen molar-refractivity contribution in [2.45, 2.75) is 32.7 Å². The minimum Gasteiger partial charge on any atom is -0.465 e. The number of anilines is 2. The summed E-state index contributed by atoms with van der Waals surface area (Å²) in [6, 6.07) is 10.1. The van der Waals surface area contributed by atoms with Crippen LogP contribution in [0.5, 0.6) is 0 Å². The SMILES string of the molecule is CCCCCNCc1ccc(C(=O)Nc2ccccc2NC(=O)O)nc1. The van der Waals surface area contributed by atoms with Gasteiger partial charge in [0.15, 0.2) is 0 Å². The van der Waals surface area contributed by atoms with Crippen LogP contribution in [0, 0.1) is 0 Å². The number of para-hydroxylation sites is 2. The van der Waals surface area contributed by atoms with Crippen molar-refractivity contribution in [1.29, 1.82) is 0 Å². The van der Waals surface area contributed by atoms with Crippen molar-refractivity contribution in [3.8, 4) is 0 Å². The van der Waals surface area contributed by atoms with Gasteiger partial charge in [0.2, 0.25) is 0 Å². The van der Waals surface area contributed by atoms with E-state index >= 15 is 0 Å². The molecule has 0 aliphatic rings. The smallest absolute Gasteiger partial charge is 0.409 e. The molecule has 1 heterocycles. The highest BCUT2D eigenvalue weighted by molar-refractivity contribution is 6.05. The Hall–Kier alpha value is -2.93. The van der Waals surface area contributed by atoms with Gasteiger partial charge in [-0.25, -0.2) is 4.79 Å². The first-order chi connectivity index (χ1) is 12.6. The van der Waals surface area contributed by atoms with Crippen molar-refractivity contribution in [2.24, 2.45) is 0 Å². The van der Waals surface area contributed by atoms with E-state index in [1.165, 1.54) is 12.8 Å². The zero-order chi connectivity index (χ0) is 18.8. The number of hydrogen-bond acceptors (Lipinski definition) is 4. The number of carbonyl (C=O) groups is 2. The molecule has 0 aliphatic heterocycles. The van der Waals surface area contributed by atoms with Crippen molar-refractivity contribution < 1.29 is 14.7 Å². The maximum atomic E-state index is 12.3. The molecule has 0 unspecified atom stereocenters. The van der Waals surface area contributed by atoms with Crippen LogP contribution in [0.3, 0.4) is 0 Å². The number of hydrogen-bond donors (Lipinski definition) is 4. The maximum Gasteiger partial charge on any atom is 0.409 e. The molecule has 0 radical (unpaired) electrons. The quantitative estimate of drug-likeness (QED) is 0.513. The third-order valence-corrected chi connectivity index (χ3v) is 3.76. The van der Waals surface area contributed by atoms with E-state index in [1.54, 1.807) is 36.5 Å². The molecule has 7 heteroatoms. The van der Waals surface area contributed by atoms with E-state index in [0.29, 0.717) is 17.9 Å². The molecular formula is C19H24N4O3. The Morgan fingerprint density at radius 3 is 2.38 bits per heavy atom. The van der Waals surface area contributed by atoms with Gasteiger partial charge in [-0.2, -0.15) is 0 Å². The second kappa shape index (κ2) is 10.1. The maximum absolute atomic E-state index is 12.3. The number of benzene rings is 1. The molecule has 0 bridgehead atoms. The number of nitrogens with zero attached hydrogens (tertiary/aromatic N) is 1. The van der Waals surface area contributed by atoms with Crippen molar-refractivity contribution >= 4 is 23.4 Å². The van der Waals surface area contributed by atoms with Gasteiger partial charge in [-0.3, -0.25) is 15.1 Å². The Bertz CT molecular complexity index is 732. The van der Waals surface area contributed by atoms with Gasteiger partial charge in [0.25, 0.3) is 5.91 Å². The first-order valence-electron chi connectivity index (χ1n) is 8.66. The fourth-order valence-electron chi connectivity index (χ4n) is 2.40. The molecule has 2 amide bonds. The lowest BCUT2D eigenvalue weighted by atomic mass is 10.2. The molecule has 26 heavy (non-hydrogen) atoms. The lowest BCUT2D eigenvalue weighted by molar-refractivity contribution is 0.102. The summed E-state index contributed by atoms with van der Waals surface area (Å²) in [5, 5.41) is 17.1. The molecule has 0 aliphatic carbocycles. The number of nitrogens with one attached hydrogen (secondary N) is 3. The van der Waals surface area contributed by atoms with Crippen LogP contribution < -0.4 is 16.0 Å². The third-order valence-electron chi connectivity index (χ3n) is 3.76. The lowest BCUT2D eigenvalue weighted by Crippen LogP contribution is -2.17. The van der Waals surface area contributed by atoms with Gasteiger partial charge in [0, 0.05) is 12.7 Å². The lowest BCUT2D eigenvalue weighted by Gasteiger charge is -2.10. The minimum atomic E-state index is -1.19. The van der Waals surface area contributed by atoms with Crippen molar-refractivity contribution in [1.82, 2.24) is 10.3 Å². The molecule has 0 saturated heterocycles. The molecule has 2 aromatic rings. The van der Waals surface area contributed by atoms with Gasteiger partial charge < -0.3 is 15.7 Å². The molecule has 1 aromatic carbocycles. The normalized spacial score (nSPS) is 10.3. The number of carboxylic acid groups (broad SMARTS) is 1. The van der Waals surface area contributed by atoms with Crippen LogP contribution in [-0.4, -0.2) is 28.6 Å². The highest BCUT2D eigenvalue weighted by Gasteiger charge is 2.11. The highest BCUT2D eigenvalue weighted by atomic mass is 16.4. The summed E-state index contributed by atoms with van der Waals surface area (Å²) >= 11 is 0. The van der Waals surface area contributed by atoms with Crippen LogP contribution in [0.25, 0.3) is 0 Å². The summed E-state index contributed by atoms with van der Waals surface area (Å²) in [5.74, 6) is -0.396. The number of amides is 2. The van der Waals surface area contributed by atoms with Crippen LogP contribution in [0.15, 0.2) is 42.6 Å². The fraction of sp³-hybridized carbons (Fsp3) is 0.316. The summed E-state index contributed by atoms with van der Waals surface area (Å²) < 4.78 is 0. The first-order valence-corrected chi connectivity index (χ1v) is 8.66. The van der Waals surface area contributed by atoms with Gasteiger partial charge in [-0.05, 0) is 36.7 Å². The van der Waals surface area contributed by atoms with Crippen LogP contribution >= 0.6 is 0 Å². The molecule has 7 nitrogen and oxygen atoms in total. The molecule has 0 spiro atoms. The van der Waals surface area contributed by atoms with Gasteiger partial charge in [0.1, 0.15) is 5.69 Å². The third kappa shape index (κ3) is 6.18. The van der Waals surface area contributed by atoms with E-state index in [1.807, 2.05) is 6.07 Å². The summed E-state index contributed by atoms with van der Waals surface area (Å²) in [7, 11) is 0. The summed E-state index contributed by atoms with van der Waals surface area (Å²) in [5.41, 5.74) is 1.96. The second-order valence-corrected chi connectivity index (χ2v) is 5.87. The average molecular weight is 356 g/mol. The molecular weight excluding hydrogens is 332 g/mol. The van der Waals surface area contributed by atoms with Crippen LogP contribution in [0.2, 0.25) is 0 Å². The van der Waals surface area contributed by atoms with E-state index in [4.69, 9.17) is 5.11 Å². The van der Waals surface area contributed by atoms with Crippen LogP contribution in [0.1, 0.15) is 42.2 Å². The molecule has 2 rings (SSSR count). The number of pyridine rings is 1. The second-order valence-electron chi connectivity index (χ2n) is 5.87. The summed E-state index contributed by atoms with van der Waals surface area (Å²) in [6.45, 7) is 3.84. The van der Waals surface area contributed by atoms with Gasteiger partial charge in [-0.1, -0.05) is 38.0 Å². The fourth-order valence-corrected chi connectivity index (χ4v) is 2.40. The molecule has 0 saturated carbocycles. The Kier molecular flexibility index (Phi) is 7.57. The number of unbranched alkanes of at least 4 members (excludes halogenated alkanes) is 2. The Morgan fingerprint density at radius 1 is 1.04 bits per heavy atom. The van der Waals surface area contributed by atoms with E-state index in [2.05, 4.69) is 27.9 Å². The summed E-state index contributed by atoms with van der Waals surface area (Å²) in [6.07, 6.45) is 4.03. The van der Waals surface area contributed by atoms with Gasteiger partial charge >= 0.3 is 6.09 Å². The van der Waals surface area contributed by atoms with E-state index in [9.17, 15) is 9.59 Å². The van der Waals surface area contributed by atoms with E-state index < -0.39 is 12.0 Å². The van der Waals surface area contributed by atoms with Gasteiger partial charge in [0.05, 0.1) is 11.4 Å². The average Bonchev–Trinajstić information content (AvgIpc) is 2.63. The highest BCUT2D eigenvalue weighted by Crippen LogP contribution is 2.21. The standard InChI is InChI=1S/C19H24N4O3/c1-2-3-6-11-20-12-14-9-10-17(21-13-14)18(24)22-15-7-4-5-8-16(15)23-19(25)26/h4-5,7-10,13,20,23H,2-3,6,11-12H2,1H3,(H,22,24)(H,25,26). The summed E-state index contributed by atoms with van der Waals surface area (Å²) in [4.78, 5) is 27.3. The monoisotopic (exact) mass is 356 g/mol. The predicted octanol–water partition coefficient (Wildman–Crippen LogP) is 3.70. The number of rotatable bonds is 9. The van der Waals surface area contributed by atoms with Crippen molar-refractivity contribution in [2.75, 3.05) is 17.2 Å². The Morgan fingerprint density at radius 2 is 1.77 bits per heavy atom. The number of aromatic nitrogens is 1. The molecule has 4 N–H and O–H groups in total. The molecule has 0 fully saturated rings. The Labute approximate surface area is 152 Å². The van der Waals surface area contributed by atoms with Gasteiger partial charge in [-0.15, -0.1) is 0 Å². The van der Waals surface area contributed by atoms with Crippen LogP contribution in [0.4, 0.5) is 16.2 Å². The van der Waals surface area contributed by atoms with Crippen molar-refractivity contribution in [3.63, 3.8) is 0 Å². The minimum absolute atomic E-state index is 0.268. The zero-order valence-electron chi connectivity index (χ0n) is 14.8. The van der Waals surface area contributed by atoms with Crippen LogP contribution in [-0.2, 0) is 6.54 Å². The Balaban J connectivity index is 1.93. The molecule has 138 valence electrons. The predicted molar refractivity (Wildman–Crippen MR) is 102 cm³/mol. The van der Waals surface area contributed by atoms with E-state index in [0.717, 1.165) is 18.5 Å². The van der Waals surface area contributed by atoms with Crippen molar-refractivity contribution in [3.05, 3.63) is 53.9 Å².